The van der Waals surface area contributed by atoms with Gasteiger partial charge in [-0.1, -0.05) is 43.4 Å². The van der Waals surface area contributed by atoms with Gasteiger partial charge in [0.2, 0.25) is 0 Å². The molecule has 1 saturated heterocycles. The van der Waals surface area contributed by atoms with Gasteiger partial charge in [-0.2, -0.15) is 0 Å². The summed E-state index contributed by atoms with van der Waals surface area (Å²) >= 11 is 5.02. The molecule has 2 rings (SSSR count). The molecule has 0 atom stereocenters. The number of nitrogens with zero attached hydrogens (tertiary/aromatic N) is 1. The quantitative estimate of drug-likeness (QED) is 0.221. The van der Waals surface area contributed by atoms with E-state index in [9.17, 15) is 9.59 Å². The van der Waals surface area contributed by atoms with Crippen LogP contribution in [0.25, 0.3) is 6.08 Å². The van der Waals surface area contributed by atoms with Crippen LogP contribution in [0.5, 0.6) is 0 Å². The highest BCUT2D eigenvalue weighted by Gasteiger charge is 2.32. The minimum Gasteiger partial charge on any atom is -0.298 e. The average molecular weight is 352 g/mol. The molecule has 0 aliphatic carbocycles. The topological polar surface area (TPSA) is 49.4 Å². The van der Waals surface area contributed by atoms with Crippen molar-refractivity contribution in [1.29, 1.82) is 0 Å². The van der Waals surface area contributed by atoms with Crippen LogP contribution in [0.1, 0.15) is 37.3 Å². The largest absolute Gasteiger partial charge is 0.298 e. The molecule has 1 N–H and O–H groups in total. The number of thiocarbonyl (C=S) groups is 1. The fourth-order valence-electron chi connectivity index (χ4n) is 2.25. The Kier molecular flexibility index (Phi) is 6.67. The van der Waals surface area contributed by atoms with Crippen molar-refractivity contribution in [2.75, 3.05) is 6.54 Å². The Labute approximate surface area is 153 Å². The number of hydrogen-bond acceptors (Lipinski definition) is 3. The maximum Gasteiger partial charge on any atom is 0.265 e. The fraction of sp³-hybridized carbons (Fsp3) is 0.250. The van der Waals surface area contributed by atoms with E-state index in [1.165, 1.54) is 4.90 Å². The summed E-state index contributed by atoms with van der Waals surface area (Å²) in [6.07, 6.45) is 6.23. The summed E-state index contributed by atoms with van der Waals surface area (Å²) in [5.41, 5.74) is 1.72. The van der Waals surface area contributed by atoms with Crippen LogP contribution in [-0.2, 0) is 9.59 Å². The van der Waals surface area contributed by atoms with E-state index in [2.05, 4.69) is 30.7 Å². The van der Waals surface area contributed by atoms with Crippen LogP contribution in [-0.4, -0.2) is 28.4 Å². The molecule has 1 aliphatic rings. The minimum absolute atomic E-state index is 0.0530. The van der Waals surface area contributed by atoms with Gasteiger partial charge in [0.15, 0.2) is 5.11 Å². The first-order valence-corrected chi connectivity index (χ1v) is 8.56. The van der Waals surface area contributed by atoms with Gasteiger partial charge in [0.05, 0.1) is 0 Å². The van der Waals surface area contributed by atoms with Gasteiger partial charge in [0.25, 0.3) is 11.8 Å². The highest BCUT2D eigenvalue weighted by atomic mass is 32.1. The number of benzene rings is 1. The van der Waals surface area contributed by atoms with Crippen molar-refractivity contribution in [3.63, 3.8) is 0 Å². The number of hydrogen-bond donors (Lipinski definition) is 1. The summed E-state index contributed by atoms with van der Waals surface area (Å²) < 4.78 is 0. The first-order valence-electron chi connectivity index (χ1n) is 8.15. The normalized spacial score (nSPS) is 15.6. The molecule has 0 spiro atoms. The predicted molar refractivity (Wildman–Crippen MR) is 103 cm³/mol. The number of rotatable bonds is 5. The number of nitrogens with one attached hydrogen (secondary N) is 1. The summed E-state index contributed by atoms with van der Waals surface area (Å²) in [5, 5.41) is 2.63. The standard InChI is InChI=1S/C20H20N2O2S/c1-3-5-6-7-8-15-9-11-16(12-10-15)14-17-18(23)21-20(25)22(13-4-2)19(17)24/h4,9-12,14H,2-3,5-6,13H2,1H3,(H,21,23,25). The van der Waals surface area contributed by atoms with Crippen molar-refractivity contribution in [3.05, 3.63) is 53.6 Å². The van der Waals surface area contributed by atoms with Crippen LogP contribution >= 0.6 is 12.2 Å². The molecule has 1 heterocycles. The molecule has 1 fully saturated rings. The van der Waals surface area contributed by atoms with E-state index in [-0.39, 0.29) is 17.2 Å². The average Bonchev–Trinajstić information content (AvgIpc) is 2.60. The van der Waals surface area contributed by atoms with Crippen LogP contribution in [0.15, 0.2) is 42.5 Å². The molecule has 5 heteroatoms. The van der Waals surface area contributed by atoms with E-state index >= 15 is 0 Å². The molecule has 2 amide bonds. The highest BCUT2D eigenvalue weighted by molar-refractivity contribution is 7.80. The minimum atomic E-state index is -0.487. The Balaban J connectivity index is 2.18. The van der Waals surface area contributed by atoms with Crippen LogP contribution in [0.2, 0.25) is 0 Å². The SMILES string of the molecule is C=CCN1C(=O)C(=Cc2ccc(C#CCCCC)cc2)C(=O)NC1=S. The zero-order valence-electron chi connectivity index (χ0n) is 14.2. The van der Waals surface area contributed by atoms with Crippen LogP contribution in [0, 0.1) is 11.8 Å². The first-order chi connectivity index (χ1) is 12.1. The van der Waals surface area contributed by atoms with Gasteiger partial charge in [-0.05, 0) is 42.4 Å². The number of amides is 2. The van der Waals surface area contributed by atoms with E-state index < -0.39 is 11.8 Å². The van der Waals surface area contributed by atoms with E-state index in [4.69, 9.17) is 12.2 Å². The summed E-state index contributed by atoms with van der Waals surface area (Å²) in [6.45, 7) is 5.98. The van der Waals surface area contributed by atoms with Gasteiger partial charge in [-0.15, -0.1) is 6.58 Å². The third-order valence-electron chi connectivity index (χ3n) is 3.61. The lowest BCUT2D eigenvalue weighted by molar-refractivity contribution is -0.128. The molecule has 1 aliphatic heterocycles. The lowest BCUT2D eigenvalue weighted by atomic mass is 10.1. The molecule has 1 aromatic carbocycles. The zero-order chi connectivity index (χ0) is 18.2. The highest BCUT2D eigenvalue weighted by Crippen LogP contribution is 2.15. The lowest BCUT2D eigenvalue weighted by Crippen LogP contribution is -2.53. The molecule has 0 aromatic heterocycles. The third kappa shape index (κ3) is 4.88. The summed E-state index contributed by atoms with van der Waals surface area (Å²) in [6, 6.07) is 7.43. The van der Waals surface area contributed by atoms with Gasteiger partial charge in [-0.3, -0.25) is 19.8 Å². The molecule has 0 unspecified atom stereocenters. The first kappa shape index (κ1) is 18.6. The molecule has 25 heavy (non-hydrogen) atoms. The Morgan fingerprint density at radius 2 is 2.00 bits per heavy atom. The maximum absolute atomic E-state index is 12.4. The van der Waals surface area contributed by atoms with Gasteiger partial charge < -0.3 is 0 Å². The third-order valence-corrected chi connectivity index (χ3v) is 3.93. The van der Waals surface area contributed by atoms with Gasteiger partial charge in [-0.25, -0.2) is 0 Å². The molecule has 0 bridgehead atoms. The lowest BCUT2D eigenvalue weighted by Gasteiger charge is -2.27. The Morgan fingerprint density at radius 3 is 2.64 bits per heavy atom. The Morgan fingerprint density at radius 1 is 1.28 bits per heavy atom. The molecule has 1 aromatic rings. The van der Waals surface area contributed by atoms with Gasteiger partial charge in [0.1, 0.15) is 5.57 Å². The second-order valence-corrected chi connectivity index (χ2v) is 5.94. The molecule has 128 valence electrons. The number of carbonyl (C=O) groups excluding carboxylic acids is 2. The second-order valence-electron chi connectivity index (χ2n) is 5.55. The molecular formula is C20H20N2O2S. The molecular weight excluding hydrogens is 332 g/mol. The van der Waals surface area contributed by atoms with Crippen molar-refractivity contribution in [2.24, 2.45) is 0 Å². The van der Waals surface area contributed by atoms with Crippen LogP contribution in [0.4, 0.5) is 0 Å². The molecule has 4 nitrogen and oxygen atoms in total. The van der Waals surface area contributed by atoms with Crippen molar-refractivity contribution < 1.29 is 9.59 Å². The van der Waals surface area contributed by atoms with Gasteiger partial charge >= 0.3 is 0 Å². The summed E-state index contributed by atoms with van der Waals surface area (Å²) in [7, 11) is 0. The Hall–Kier alpha value is -2.71. The summed E-state index contributed by atoms with van der Waals surface area (Å²) in [5.74, 6) is 5.33. The van der Waals surface area contributed by atoms with Crippen LogP contribution < -0.4 is 5.32 Å². The van der Waals surface area contributed by atoms with Crippen molar-refractivity contribution >= 4 is 35.2 Å². The zero-order valence-corrected chi connectivity index (χ0v) is 15.0. The molecule has 0 saturated carbocycles. The maximum atomic E-state index is 12.4. The van der Waals surface area contributed by atoms with Crippen molar-refractivity contribution in [1.82, 2.24) is 10.2 Å². The van der Waals surface area contributed by atoms with E-state index in [1.807, 2.05) is 24.3 Å². The van der Waals surface area contributed by atoms with Crippen molar-refractivity contribution in [2.45, 2.75) is 26.2 Å². The number of unbranched alkanes of at least 4 members (excludes halogenated alkanes) is 2. The smallest absolute Gasteiger partial charge is 0.265 e. The van der Waals surface area contributed by atoms with Gasteiger partial charge in [0, 0.05) is 18.5 Å². The summed E-state index contributed by atoms with van der Waals surface area (Å²) in [4.78, 5) is 25.8. The van der Waals surface area contributed by atoms with Crippen molar-refractivity contribution in [3.8, 4) is 11.8 Å². The molecule has 0 radical (unpaired) electrons. The van der Waals surface area contributed by atoms with E-state index in [1.54, 1.807) is 12.2 Å². The monoisotopic (exact) mass is 352 g/mol. The predicted octanol–water partition coefficient (Wildman–Crippen LogP) is 3.04. The number of carbonyl (C=O) groups is 2. The van der Waals surface area contributed by atoms with E-state index in [0.29, 0.717) is 0 Å². The van der Waals surface area contributed by atoms with Crippen LogP contribution in [0.3, 0.4) is 0 Å². The second kappa shape index (κ2) is 8.95. The fourth-order valence-corrected chi connectivity index (χ4v) is 2.50. The Bertz CT molecular complexity index is 782. The van der Waals surface area contributed by atoms with E-state index in [0.717, 1.165) is 30.4 Å².